The number of amides is 1. The second-order valence-corrected chi connectivity index (χ2v) is 5.63. The molecule has 3 heteroatoms. The SMILES string of the molecule is CC(C)NC(=O)C1CCN2CC=c3ccccc3=C12. The Balaban J connectivity index is 2.07. The summed E-state index contributed by atoms with van der Waals surface area (Å²) in [6, 6.07) is 8.58. The maximum atomic E-state index is 12.4. The topological polar surface area (TPSA) is 32.3 Å². The highest BCUT2D eigenvalue weighted by Gasteiger charge is 2.34. The van der Waals surface area contributed by atoms with Crippen molar-refractivity contribution in [1.29, 1.82) is 0 Å². The molecule has 2 aliphatic rings. The van der Waals surface area contributed by atoms with E-state index in [1.54, 1.807) is 0 Å². The highest BCUT2D eigenvalue weighted by atomic mass is 16.2. The van der Waals surface area contributed by atoms with Crippen LogP contribution in [0.5, 0.6) is 0 Å². The summed E-state index contributed by atoms with van der Waals surface area (Å²) in [6.07, 6.45) is 3.18. The normalized spacial score (nSPS) is 20.9. The van der Waals surface area contributed by atoms with Gasteiger partial charge < -0.3 is 10.2 Å². The molecule has 1 N–H and O–H groups in total. The number of benzene rings is 1. The lowest BCUT2D eigenvalue weighted by atomic mass is 9.99. The van der Waals surface area contributed by atoms with E-state index in [9.17, 15) is 4.79 Å². The molecule has 0 saturated carbocycles. The summed E-state index contributed by atoms with van der Waals surface area (Å²) in [4.78, 5) is 14.7. The zero-order chi connectivity index (χ0) is 13.4. The Morgan fingerprint density at radius 3 is 2.95 bits per heavy atom. The maximum absolute atomic E-state index is 12.4. The van der Waals surface area contributed by atoms with Gasteiger partial charge in [-0.1, -0.05) is 30.3 Å². The third kappa shape index (κ3) is 2.14. The van der Waals surface area contributed by atoms with Gasteiger partial charge in [-0.25, -0.2) is 0 Å². The van der Waals surface area contributed by atoms with Crippen LogP contribution in [0.3, 0.4) is 0 Å². The molecule has 1 saturated heterocycles. The second kappa shape index (κ2) is 4.72. The Labute approximate surface area is 113 Å². The number of nitrogens with one attached hydrogen (secondary N) is 1. The monoisotopic (exact) mass is 256 g/mol. The summed E-state index contributed by atoms with van der Waals surface area (Å²) in [5.41, 5.74) is 1.22. The molecule has 100 valence electrons. The fourth-order valence-electron chi connectivity index (χ4n) is 3.07. The first kappa shape index (κ1) is 12.3. The number of carbonyl (C=O) groups excluding carboxylic acids is 1. The molecule has 2 heterocycles. The van der Waals surface area contributed by atoms with Crippen LogP contribution in [0.2, 0.25) is 0 Å². The van der Waals surface area contributed by atoms with Crippen molar-refractivity contribution in [3.05, 3.63) is 34.7 Å². The molecule has 2 aliphatic heterocycles. The van der Waals surface area contributed by atoms with E-state index in [0.717, 1.165) is 19.5 Å². The van der Waals surface area contributed by atoms with Crippen molar-refractivity contribution in [3.8, 4) is 0 Å². The number of carbonyl (C=O) groups is 1. The Morgan fingerprint density at radius 2 is 2.16 bits per heavy atom. The van der Waals surface area contributed by atoms with Crippen LogP contribution >= 0.6 is 0 Å². The lowest BCUT2D eigenvalue weighted by molar-refractivity contribution is -0.123. The lowest BCUT2D eigenvalue weighted by Gasteiger charge is -2.24. The number of nitrogens with zero attached hydrogens (tertiary/aromatic N) is 1. The molecule has 1 aromatic carbocycles. The van der Waals surface area contributed by atoms with Crippen LogP contribution in [0.1, 0.15) is 20.3 Å². The summed E-state index contributed by atoms with van der Waals surface area (Å²) in [5, 5.41) is 5.55. The quantitative estimate of drug-likeness (QED) is 0.832. The molecule has 0 aromatic heterocycles. The van der Waals surface area contributed by atoms with Crippen molar-refractivity contribution in [1.82, 2.24) is 10.2 Å². The molecule has 0 aliphatic carbocycles. The van der Waals surface area contributed by atoms with Gasteiger partial charge in [-0.15, -0.1) is 0 Å². The summed E-state index contributed by atoms with van der Waals surface area (Å²) >= 11 is 0. The van der Waals surface area contributed by atoms with Crippen LogP contribution in [-0.2, 0) is 4.79 Å². The molecule has 1 unspecified atom stereocenters. The molecular formula is C16H20N2O. The molecule has 1 amide bonds. The third-order valence-corrected chi connectivity index (χ3v) is 3.87. The van der Waals surface area contributed by atoms with E-state index < -0.39 is 0 Å². The van der Waals surface area contributed by atoms with Crippen LogP contribution in [0.25, 0.3) is 11.8 Å². The van der Waals surface area contributed by atoms with Crippen molar-refractivity contribution in [2.24, 2.45) is 5.92 Å². The summed E-state index contributed by atoms with van der Waals surface area (Å²) in [5.74, 6) is 0.182. The molecule has 3 rings (SSSR count). The van der Waals surface area contributed by atoms with Gasteiger partial charge in [0.1, 0.15) is 0 Å². The van der Waals surface area contributed by atoms with Crippen molar-refractivity contribution >= 4 is 17.7 Å². The van der Waals surface area contributed by atoms with Gasteiger partial charge in [0.25, 0.3) is 0 Å². The lowest BCUT2D eigenvalue weighted by Crippen LogP contribution is -2.42. The van der Waals surface area contributed by atoms with Crippen molar-refractivity contribution in [2.45, 2.75) is 26.3 Å². The zero-order valence-corrected chi connectivity index (χ0v) is 11.5. The first-order valence-electron chi connectivity index (χ1n) is 7.01. The van der Waals surface area contributed by atoms with Crippen LogP contribution in [-0.4, -0.2) is 29.9 Å². The fourth-order valence-corrected chi connectivity index (χ4v) is 3.07. The van der Waals surface area contributed by atoms with E-state index >= 15 is 0 Å². The minimum atomic E-state index is 0.0113. The molecule has 1 atom stereocenters. The van der Waals surface area contributed by atoms with Crippen LogP contribution < -0.4 is 15.8 Å². The second-order valence-electron chi connectivity index (χ2n) is 5.63. The fraction of sp³-hybridized carbons (Fsp3) is 0.438. The van der Waals surface area contributed by atoms with E-state index in [1.165, 1.54) is 16.1 Å². The number of fused-ring (bicyclic) bond motifs is 2. The molecule has 3 nitrogen and oxygen atoms in total. The molecule has 1 aromatic rings. The molecule has 19 heavy (non-hydrogen) atoms. The minimum absolute atomic E-state index is 0.0113. The highest BCUT2D eigenvalue weighted by Crippen LogP contribution is 2.29. The smallest absolute Gasteiger partial charge is 0.229 e. The van der Waals surface area contributed by atoms with Gasteiger partial charge in [-0.2, -0.15) is 0 Å². The van der Waals surface area contributed by atoms with Gasteiger partial charge in [-0.05, 0) is 25.5 Å². The standard InChI is InChI=1S/C16H20N2O/c1-11(2)17-16(19)14-8-10-18-9-7-12-5-3-4-6-13(12)15(14)18/h3-7,11,14H,8-10H2,1-2H3,(H,17,19). The average Bonchev–Trinajstić information content (AvgIpc) is 2.82. The van der Waals surface area contributed by atoms with Gasteiger partial charge >= 0.3 is 0 Å². The maximum Gasteiger partial charge on any atom is 0.229 e. The first-order valence-corrected chi connectivity index (χ1v) is 7.01. The predicted octanol–water partition coefficient (Wildman–Crippen LogP) is 0.435. The Morgan fingerprint density at radius 1 is 1.37 bits per heavy atom. The number of rotatable bonds is 2. The van der Waals surface area contributed by atoms with Crippen LogP contribution in [0.4, 0.5) is 0 Å². The molecule has 0 spiro atoms. The van der Waals surface area contributed by atoms with Crippen molar-refractivity contribution in [2.75, 3.05) is 13.1 Å². The molecule has 0 bridgehead atoms. The van der Waals surface area contributed by atoms with Crippen molar-refractivity contribution in [3.63, 3.8) is 0 Å². The van der Waals surface area contributed by atoms with E-state index in [2.05, 4.69) is 40.6 Å². The molecule has 1 fully saturated rings. The number of hydrogen-bond donors (Lipinski definition) is 1. The third-order valence-electron chi connectivity index (χ3n) is 3.87. The summed E-state index contributed by atoms with van der Waals surface area (Å²) in [6.45, 7) is 5.93. The van der Waals surface area contributed by atoms with E-state index in [-0.39, 0.29) is 17.9 Å². The Hall–Kier alpha value is -1.77. The van der Waals surface area contributed by atoms with Gasteiger partial charge in [-0.3, -0.25) is 4.79 Å². The predicted molar refractivity (Wildman–Crippen MR) is 76.5 cm³/mol. The van der Waals surface area contributed by atoms with Crippen LogP contribution in [0.15, 0.2) is 24.3 Å². The van der Waals surface area contributed by atoms with E-state index in [0.29, 0.717) is 0 Å². The Bertz CT molecular complexity index is 618. The molecule has 0 radical (unpaired) electrons. The molecular weight excluding hydrogens is 236 g/mol. The largest absolute Gasteiger partial charge is 0.370 e. The van der Waals surface area contributed by atoms with Gasteiger partial charge in [0.2, 0.25) is 5.91 Å². The van der Waals surface area contributed by atoms with Gasteiger partial charge in [0.15, 0.2) is 0 Å². The highest BCUT2D eigenvalue weighted by molar-refractivity contribution is 5.88. The summed E-state index contributed by atoms with van der Waals surface area (Å²) in [7, 11) is 0. The zero-order valence-electron chi connectivity index (χ0n) is 11.5. The number of hydrogen-bond acceptors (Lipinski definition) is 2. The summed E-state index contributed by atoms with van der Waals surface area (Å²) < 4.78 is 0. The van der Waals surface area contributed by atoms with Crippen LogP contribution in [0, 0.1) is 5.92 Å². The average molecular weight is 256 g/mol. The van der Waals surface area contributed by atoms with E-state index in [1.807, 2.05) is 13.8 Å². The van der Waals surface area contributed by atoms with Gasteiger partial charge in [0.05, 0.1) is 5.92 Å². The van der Waals surface area contributed by atoms with E-state index in [4.69, 9.17) is 0 Å². The first-order chi connectivity index (χ1) is 9.16. The minimum Gasteiger partial charge on any atom is -0.370 e. The Kier molecular flexibility index (Phi) is 3.05. The van der Waals surface area contributed by atoms with Crippen molar-refractivity contribution < 1.29 is 4.79 Å². The van der Waals surface area contributed by atoms with Gasteiger partial charge in [0, 0.05) is 30.0 Å².